The van der Waals surface area contributed by atoms with Gasteiger partial charge in [0.25, 0.3) is 5.56 Å². The standard InChI is InChI=1S/C11H13ClIN3O2/c1-2-16(7-3-4-7)8(17)5-15-6-14-10(12)9(13)11(15)18/h6-7H,2-5H2,1H3. The largest absolute Gasteiger partial charge is 0.338 e. The number of hydrogen-bond acceptors (Lipinski definition) is 3. The van der Waals surface area contributed by atoms with Gasteiger partial charge in [-0.25, -0.2) is 4.98 Å². The second kappa shape index (κ2) is 5.56. The van der Waals surface area contributed by atoms with Gasteiger partial charge in [0.2, 0.25) is 5.91 Å². The third kappa shape index (κ3) is 2.85. The van der Waals surface area contributed by atoms with E-state index in [1.165, 1.54) is 10.9 Å². The summed E-state index contributed by atoms with van der Waals surface area (Å²) in [5.41, 5.74) is -0.268. The van der Waals surface area contributed by atoms with E-state index in [1.807, 2.05) is 34.4 Å². The Labute approximate surface area is 123 Å². The van der Waals surface area contributed by atoms with E-state index in [0.29, 0.717) is 16.2 Å². The minimum atomic E-state index is -0.268. The van der Waals surface area contributed by atoms with E-state index in [-0.39, 0.29) is 23.2 Å². The van der Waals surface area contributed by atoms with E-state index >= 15 is 0 Å². The summed E-state index contributed by atoms with van der Waals surface area (Å²) in [5.74, 6) is -0.0398. The highest BCUT2D eigenvalue weighted by atomic mass is 127. The van der Waals surface area contributed by atoms with Gasteiger partial charge in [-0.05, 0) is 42.4 Å². The first kappa shape index (κ1) is 13.8. The van der Waals surface area contributed by atoms with E-state index in [4.69, 9.17) is 11.6 Å². The molecule has 2 rings (SSSR count). The first-order chi connectivity index (χ1) is 8.54. The minimum absolute atomic E-state index is 0.0311. The molecule has 1 aromatic rings. The summed E-state index contributed by atoms with van der Waals surface area (Å²) in [6.45, 7) is 2.66. The molecule has 1 amide bonds. The topological polar surface area (TPSA) is 55.2 Å². The van der Waals surface area contributed by atoms with Crippen LogP contribution in [0.1, 0.15) is 19.8 Å². The van der Waals surface area contributed by atoms with Crippen LogP contribution in [-0.4, -0.2) is 32.9 Å². The minimum Gasteiger partial charge on any atom is -0.338 e. The van der Waals surface area contributed by atoms with Crippen LogP contribution in [0.2, 0.25) is 5.15 Å². The van der Waals surface area contributed by atoms with Crippen LogP contribution in [0.5, 0.6) is 0 Å². The average molecular weight is 382 g/mol. The first-order valence-electron chi connectivity index (χ1n) is 5.74. The normalized spacial score (nSPS) is 14.6. The van der Waals surface area contributed by atoms with Crippen LogP contribution in [-0.2, 0) is 11.3 Å². The number of carbonyl (C=O) groups excluding carboxylic acids is 1. The predicted octanol–water partition coefficient (Wildman–Crippen LogP) is 1.51. The van der Waals surface area contributed by atoms with Crippen LogP contribution in [0.25, 0.3) is 0 Å². The lowest BCUT2D eigenvalue weighted by Crippen LogP contribution is -2.38. The van der Waals surface area contributed by atoms with Crippen LogP contribution in [0.15, 0.2) is 11.1 Å². The van der Waals surface area contributed by atoms with Gasteiger partial charge in [-0.3, -0.25) is 14.2 Å². The number of halogens is 2. The van der Waals surface area contributed by atoms with Crippen molar-refractivity contribution in [3.8, 4) is 0 Å². The molecule has 1 fully saturated rings. The second-order valence-electron chi connectivity index (χ2n) is 4.19. The summed E-state index contributed by atoms with van der Waals surface area (Å²) in [7, 11) is 0. The van der Waals surface area contributed by atoms with Crippen LogP contribution in [0, 0.1) is 3.57 Å². The Morgan fingerprint density at radius 1 is 1.67 bits per heavy atom. The Balaban J connectivity index is 2.16. The number of nitrogens with zero attached hydrogens (tertiary/aromatic N) is 3. The Morgan fingerprint density at radius 2 is 2.33 bits per heavy atom. The lowest BCUT2D eigenvalue weighted by atomic mass is 10.4. The van der Waals surface area contributed by atoms with Gasteiger partial charge in [-0.15, -0.1) is 0 Å². The summed E-state index contributed by atoms with van der Waals surface area (Å²) < 4.78 is 1.65. The number of aromatic nitrogens is 2. The molecule has 0 bridgehead atoms. The molecule has 1 aliphatic rings. The first-order valence-corrected chi connectivity index (χ1v) is 7.20. The molecule has 0 saturated heterocycles. The molecule has 18 heavy (non-hydrogen) atoms. The number of hydrogen-bond donors (Lipinski definition) is 0. The molecular formula is C11H13ClIN3O2. The van der Waals surface area contributed by atoms with Crippen LogP contribution in [0.3, 0.4) is 0 Å². The molecule has 0 spiro atoms. The fourth-order valence-electron chi connectivity index (χ4n) is 1.82. The molecule has 1 heterocycles. The molecule has 98 valence electrons. The summed E-state index contributed by atoms with van der Waals surface area (Å²) in [6.07, 6.45) is 3.45. The number of carbonyl (C=O) groups is 1. The molecule has 1 aliphatic carbocycles. The van der Waals surface area contributed by atoms with Crippen molar-refractivity contribution in [1.29, 1.82) is 0 Å². The lowest BCUT2D eigenvalue weighted by molar-refractivity contribution is -0.132. The smallest absolute Gasteiger partial charge is 0.268 e. The maximum Gasteiger partial charge on any atom is 0.268 e. The van der Waals surface area contributed by atoms with Gasteiger partial charge >= 0.3 is 0 Å². The molecule has 0 aliphatic heterocycles. The van der Waals surface area contributed by atoms with Crippen molar-refractivity contribution >= 4 is 40.1 Å². The molecule has 0 aromatic carbocycles. The highest BCUT2D eigenvalue weighted by Crippen LogP contribution is 2.26. The molecular weight excluding hydrogens is 368 g/mol. The quantitative estimate of drug-likeness (QED) is 0.587. The third-order valence-electron chi connectivity index (χ3n) is 2.89. The van der Waals surface area contributed by atoms with Crippen molar-refractivity contribution in [2.75, 3.05) is 6.54 Å². The van der Waals surface area contributed by atoms with Gasteiger partial charge in [0.15, 0.2) is 0 Å². The van der Waals surface area contributed by atoms with Crippen LogP contribution in [0.4, 0.5) is 0 Å². The van der Waals surface area contributed by atoms with Crippen molar-refractivity contribution in [1.82, 2.24) is 14.5 Å². The zero-order chi connectivity index (χ0) is 13.3. The van der Waals surface area contributed by atoms with Crippen molar-refractivity contribution in [3.05, 3.63) is 25.4 Å². The van der Waals surface area contributed by atoms with E-state index in [9.17, 15) is 9.59 Å². The van der Waals surface area contributed by atoms with Gasteiger partial charge in [0.05, 0.1) is 6.33 Å². The highest BCUT2D eigenvalue weighted by molar-refractivity contribution is 14.1. The molecule has 0 N–H and O–H groups in total. The van der Waals surface area contributed by atoms with E-state index in [0.717, 1.165) is 12.8 Å². The molecule has 1 saturated carbocycles. The molecule has 5 nitrogen and oxygen atoms in total. The summed E-state index contributed by atoms with van der Waals surface area (Å²) in [5, 5.41) is 0.179. The Kier molecular flexibility index (Phi) is 4.26. The van der Waals surface area contributed by atoms with Crippen molar-refractivity contribution in [3.63, 3.8) is 0 Å². The summed E-state index contributed by atoms with van der Waals surface area (Å²) in [6, 6.07) is 0.359. The zero-order valence-electron chi connectivity index (χ0n) is 9.90. The van der Waals surface area contributed by atoms with Gasteiger partial charge in [0, 0.05) is 12.6 Å². The van der Waals surface area contributed by atoms with E-state index < -0.39 is 0 Å². The number of rotatable bonds is 4. The van der Waals surface area contributed by atoms with Crippen LogP contribution >= 0.6 is 34.2 Å². The second-order valence-corrected chi connectivity index (χ2v) is 5.63. The molecule has 0 radical (unpaired) electrons. The van der Waals surface area contributed by atoms with Gasteiger partial charge in [-0.1, -0.05) is 11.6 Å². The van der Waals surface area contributed by atoms with Gasteiger partial charge in [-0.2, -0.15) is 0 Å². The monoisotopic (exact) mass is 381 g/mol. The lowest BCUT2D eigenvalue weighted by Gasteiger charge is -2.20. The average Bonchev–Trinajstić information content (AvgIpc) is 3.15. The Hall–Kier alpha value is -0.630. The zero-order valence-corrected chi connectivity index (χ0v) is 12.8. The number of amides is 1. The third-order valence-corrected chi connectivity index (χ3v) is 4.47. The van der Waals surface area contributed by atoms with Crippen molar-refractivity contribution in [2.45, 2.75) is 32.4 Å². The van der Waals surface area contributed by atoms with E-state index in [2.05, 4.69) is 4.98 Å². The maximum atomic E-state index is 12.1. The SMILES string of the molecule is CCN(C(=O)Cn1cnc(Cl)c(I)c1=O)C1CC1. The predicted molar refractivity (Wildman–Crippen MR) is 76.6 cm³/mol. The Bertz CT molecular complexity index is 528. The van der Waals surface area contributed by atoms with Gasteiger partial charge < -0.3 is 4.90 Å². The molecule has 0 atom stereocenters. The maximum absolute atomic E-state index is 12.1. The van der Waals surface area contributed by atoms with Gasteiger partial charge in [0.1, 0.15) is 15.3 Å². The summed E-state index contributed by atoms with van der Waals surface area (Å²) in [4.78, 5) is 29.7. The van der Waals surface area contributed by atoms with E-state index in [1.54, 1.807) is 0 Å². The summed E-state index contributed by atoms with van der Waals surface area (Å²) >= 11 is 7.59. The Morgan fingerprint density at radius 3 is 2.89 bits per heavy atom. The number of likely N-dealkylation sites (N-methyl/N-ethyl adjacent to an activating group) is 1. The van der Waals surface area contributed by atoms with Crippen molar-refractivity contribution in [2.24, 2.45) is 0 Å². The van der Waals surface area contributed by atoms with Crippen molar-refractivity contribution < 1.29 is 4.79 Å². The molecule has 0 unspecified atom stereocenters. The molecule has 7 heteroatoms. The van der Waals surface area contributed by atoms with Crippen LogP contribution < -0.4 is 5.56 Å². The molecule has 1 aromatic heterocycles. The fraction of sp³-hybridized carbons (Fsp3) is 0.545. The fourth-order valence-corrected chi connectivity index (χ4v) is 2.39. The highest BCUT2D eigenvalue weighted by Gasteiger charge is 2.31.